The number of unbranched alkanes of at least 4 members (excludes halogenated alkanes) is 14. The van der Waals surface area contributed by atoms with Gasteiger partial charge in [-0.2, -0.15) is 0 Å². The number of allylic oxidation sites excluding steroid dienone is 19. The summed E-state index contributed by atoms with van der Waals surface area (Å²) in [6.07, 6.45) is 69.0. The number of likely N-dealkylation sites (N-methyl/N-ethyl adjacent to an activating group) is 1. The summed E-state index contributed by atoms with van der Waals surface area (Å²) in [5, 5.41) is 2.95. The number of quaternary nitrogens is 1. The Balaban J connectivity index is 5.60. The maximum absolute atomic E-state index is 13.4. The molecule has 3 unspecified atom stereocenters. The van der Waals surface area contributed by atoms with E-state index < -0.39 is 32.5 Å². The molecule has 0 aliphatic rings. The molecule has 71 heavy (non-hydrogen) atoms. The van der Waals surface area contributed by atoms with Crippen molar-refractivity contribution >= 4 is 19.7 Å². The van der Waals surface area contributed by atoms with E-state index >= 15 is 0 Å². The third kappa shape index (κ3) is 51.1. The molecule has 404 valence electrons. The minimum Gasteiger partial charge on any atom is -0.756 e. The minimum atomic E-state index is -4.73. The topological polar surface area (TPSA) is 114 Å². The first-order valence-electron chi connectivity index (χ1n) is 27.8. The van der Waals surface area contributed by atoms with Gasteiger partial charge in [0.2, 0.25) is 5.91 Å². The zero-order valence-corrected chi connectivity index (χ0v) is 46.8. The van der Waals surface area contributed by atoms with E-state index in [0.717, 1.165) is 77.0 Å². The van der Waals surface area contributed by atoms with E-state index in [-0.39, 0.29) is 25.4 Å². The number of esters is 1. The first-order chi connectivity index (χ1) is 34.4. The highest BCUT2D eigenvalue weighted by atomic mass is 31.2. The zero-order valence-electron chi connectivity index (χ0n) is 45.9. The van der Waals surface area contributed by atoms with Crippen molar-refractivity contribution in [3.05, 3.63) is 122 Å². The SMILES string of the molecule is CC/C=C/C/C=C/C/C=C/C/C=C/C/C=C/CCC(=O)NC(COP(=O)([O-])OCC[N+](C)(C)C)C(/C=C/CCCCCCCCCCCC)OC(=O)CCC/C=C\C/C=C\C/C=C\C/C=C\CCCCC. The second kappa shape index (κ2) is 50.0. The van der Waals surface area contributed by atoms with Crippen LogP contribution in [0, 0.1) is 0 Å². The predicted molar refractivity (Wildman–Crippen MR) is 302 cm³/mol. The fraction of sp³-hybridized carbons (Fsp3) is 0.639. The van der Waals surface area contributed by atoms with Gasteiger partial charge in [-0.25, -0.2) is 0 Å². The molecule has 0 radical (unpaired) electrons. The van der Waals surface area contributed by atoms with Crippen molar-refractivity contribution < 1.29 is 37.3 Å². The lowest BCUT2D eigenvalue weighted by Crippen LogP contribution is -2.47. The zero-order chi connectivity index (χ0) is 52.2. The van der Waals surface area contributed by atoms with Gasteiger partial charge in [0.15, 0.2) is 0 Å². The number of carbonyl (C=O) groups is 2. The number of phosphoric ester groups is 1. The summed E-state index contributed by atoms with van der Waals surface area (Å²) in [5.74, 6) is -0.715. The van der Waals surface area contributed by atoms with Crippen LogP contribution < -0.4 is 10.2 Å². The highest BCUT2D eigenvalue weighted by Gasteiger charge is 2.27. The number of hydrogen-bond donors (Lipinski definition) is 1. The number of rotatable bonds is 48. The molecule has 0 aliphatic carbocycles. The molecule has 3 atom stereocenters. The highest BCUT2D eigenvalue weighted by Crippen LogP contribution is 2.38. The Bertz CT molecular complexity index is 1630. The fourth-order valence-electron chi connectivity index (χ4n) is 7.09. The van der Waals surface area contributed by atoms with Gasteiger partial charge in [0.1, 0.15) is 19.3 Å². The largest absolute Gasteiger partial charge is 0.756 e. The van der Waals surface area contributed by atoms with Crippen LogP contribution in [-0.2, 0) is 27.9 Å². The molecule has 1 N–H and O–H groups in total. The van der Waals surface area contributed by atoms with Gasteiger partial charge >= 0.3 is 5.97 Å². The van der Waals surface area contributed by atoms with Crippen molar-refractivity contribution in [2.45, 2.75) is 213 Å². The van der Waals surface area contributed by atoms with Crippen LogP contribution in [0.4, 0.5) is 0 Å². The number of amides is 1. The lowest BCUT2D eigenvalue weighted by molar-refractivity contribution is -0.870. The maximum Gasteiger partial charge on any atom is 0.306 e. The second-order valence-electron chi connectivity index (χ2n) is 19.3. The lowest BCUT2D eigenvalue weighted by atomic mass is 10.1. The quantitative estimate of drug-likeness (QED) is 0.0212. The van der Waals surface area contributed by atoms with E-state index in [4.69, 9.17) is 13.8 Å². The van der Waals surface area contributed by atoms with Crippen molar-refractivity contribution in [2.24, 2.45) is 0 Å². The van der Waals surface area contributed by atoms with Gasteiger partial charge in [-0.15, -0.1) is 0 Å². The number of phosphoric acid groups is 1. The molecule has 0 rings (SSSR count). The van der Waals surface area contributed by atoms with Crippen molar-refractivity contribution in [2.75, 3.05) is 40.9 Å². The van der Waals surface area contributed by atoms with Crippen molar-refractivity contribution in [3.8, 4) is 0 Å². The molecule has 0 bridgehead atoms. The molecule has 0 saturated heterocycles. The van der Waals surface area contributed by atoms with E-state index in [1.54, 1.807) is 6.08 Å². The molecule has 0 aromatic rings. The highest BCUT2D eigenvalue weighted by molar-refractivity contribution is 7.45. The Morgan fingerprint density at radius 3 is 1.41 bits per heavy atom. The van der Waals surface area contributed by atoms with Gasteiger partial charge in [-0.05, 0) is 102 Å². The summed E-state index contributed by atoms with van der Waals surface area (Å²) >= 11 is 0. The third-order valence-corrected chi connectivity index (χ3v) is 12.4. The molecule has 0 aliphatic heterocycles. The summed E-state index contributed by atoms with van der Waals surface area (Å²) in [5.41, 5.74) is 0. The Hall–Kier alpha value is -3.59. The van der Waals surface area contributed by atoms with Gasteiger partial charge in [0, 0.05) is 12.8 Å². The number of nitrogens with zero attached hydrogens (tertiary/aromatic N) is 1. The van der Waals surface area contributed by atoms with Crippen LogP contribution in [0.3, 0.4) is 0 Å². The third-order valence-electron chi connectivity index (χ3n) is 11.4. The summed E-state index contributed by atoms with van der Waals surface area (Å²) < 4.78 is 30.1. The smallest absolute Gasteiger partial charge is 0.306 e. The van der Waals surface area contributed by atoms with Crippen molar-refractivity contribution in [1.82, 2.24) is 5.32 Å². The summed E-state index contributed by atoms with van der Waals surface area (Å²) in [7, 11) is 1.09. The molecule has 1 amide bonds. The van der Waals surface area contributed by atoms with Crippen LogP contribution in [0.1, 0.15) is 201 Å². The second-order valence-corrected chi connectivity index (χ2v) is 20.8. The summed E-state index contributed by atoms with van der Waals surface area (Å²) in [4.78, 5) is 39.7. The molecule has 0 saturated carbocycles. The number of carbonyl (C=O) groups excluding carboxylic acids is 2. The van der Waals surface area contributed by atoms with E-state index in [2.05, 4.69) is 123 Å². The fourth-order valence-corrected chi connectivity index (χ4v) is 7.81. The molecular weight excluding hydrogens is 904 g/mol. The van der Waals surface area contributed by atoms with E-state index in [1.807, 2.05) is 39.4 Å². The lowest BCUT2D eigenvalue weighted by Gasteiger charge is -2.30. The summed E-state index contributed by atoms with van der Waals surface area (Å²) in [6.45, 7) is 6.57. The first-order valence-corrected chi connectivity index (χ1v) is 29.3. The summed E-state index contributed by atoms with van der Waals surface area (Å²) in [6, 6.07) is -0.957. The Kier molecular flexibility index (Phi) is 47.4. The average molecular weight is 1010 g/mol. The maximum atomic E-state index is 13.4. The molecular formula is C61H103N2O7P. The minimum absolute atomic E-state index is 0.0504. The van der Waals surface area contributed by atoms with Gasteiger partial charge in [0.05, 0.1) is 33.8 Å². The van der Waals surface area contributed by atoms with Crippen LogP contribution in [0.15, 0.2) is 122 Å². The number of hydrogen-bond acceptors (Lipinski definition) is 7. The Labute approximate surface area is 435 Å². The Morgan fingerprint density at radius 1 is 0.507 bits per heavy atom. The average Bonchev–Trinajstić information content (AvgIpc) is 3.33. The van der Waals surface area contributed by atoms with E-state index in [1.165, 1.54) is 77.0 Å². The van der Waals surface area contributed by atoms with Crippen molar-refractivity contribution in [1.29, 1.82) is 0 Å². The van der Waals surface area contributed by atoms with Gasteiger partial charge in [0.25, 0.3) is 7.82 Å². The molecule has 0 fully saturated rings. The van der Waals surface area contributed by atoms with Crippen LogP contribution in [-0.4, -0.2) is 69.4 Å². The van der Waals surface area contributed by atoms with E-state index in [9.17, 15) is 19.0 Å². The van der Waals surface area contributed by atoms with E-state index in [0.29, 0.717) is 23.9 Å². The molecule has 0 aromatic carbocycles. The Morgan fingerprint density at radius 2 is 0.915 bits per heavy atom. The number of nitrogens with one attached hydrogen (secondary N) is 1. The normalized spacial score (nSPS) is 14.7. The molecule has 0 aromatic heterocycles. The van der Waals surface area contributed by atoms with Gasteiger partial charge in [-0.1, -0.05) is 207 Å². The molecule has 10 heteroatoms. The number of ether oxygens (including phenoxy) is 1. The monoisotopic (exact) mass is 1010 g/mol. The standard InChI is InChI=1S/C61H103N2O7P/c1-7-10-13-16-19-22-25-28-30-32-34-36-39-42-45-48-51-54-61(65)70-59(52-49-46-43-40-37-27-24-21-18-15-12-9-3)58(57-69-71(66,67)68-56-55-63(4,5)6)62-60(64)53-50-47-44-41-38-35-33-31-29-26-23-20-17-14-11-8-2/h11,14,19-20,22-23,28-31,34-36,38,42,44-45,47,49,52,58-59H,7-10,12-13,15-18,21,24-27,32-33,37,39-41,43,46,48,50-51,53-57H2,1-6H3,(H-,62,64,66,67)/b14-11+,22-19-,23-20+,30-28-,31-29+,36-34-,38-35+,45-42-,47-44+,52-49+. The van der Waals surface area contributed by atoms with Crippen molar-refractivity contribution in [3.63, 3.8) is 0 Å². The van der Waals surface area contributed by atoms with Crippen LogP contribution in [0.5, 0.6) is 0 Å². The van der Waals surface area contributed by atoms with Gasteiger partial charge in [-0.3, -0.25) is 14.2 Å². The van der Waals surface area contributed by atoms with Crippen LogP contribution in [0.25, 0.3) is 0 Å². The predicted octanol–water partition coefficient (Wildman–Crippen LogP) is 16.1. The van der Waals surface area contributed by atoms with Crippen LogP contribution >= 0.6 is 7.82 Å². The molecule has 9 nitrogen and oxygen atoms in total. The van der Waals surface area contributed by atoms with Gasteiger partial charge < -0.3 is 28.5 Å². The van der Waals surface area contributed by atoms with Crippen LogP contribution in [0.2, 0.25) is 0 Å². The molecule has 0 spiro atoms. The first kappa shape index (κ1) is 67.4. The molecule has 0 heterocycles.